The Morgan fingerprint density at radius 2 is 1.96 bits per heavy atom. The zero-order valence-corrected chi connectivity index (χ0v) is 14.2. The summed E-state index contributed by atoms with van der Waals surface area (Å²) < 4.78 is 5.25. The van der Waals surface area contributed by atoms with Gasteiger partial charge in [0.2, 0.25) is 0 Å². The van der Waals surface area contributed by atoms with Gasteiger partial charge in [-0.3, -0.25) is 4.79 Å². The molecular formula is C18H22ClN2O2+. The normalized spacial score (nSPS) is 11.8. The van der Waals surface area contributed by atoms with Gasteiger partial charge in [-0.1, -0.05) is 41.9 Å². The van der Waals surface area contributed by atoms with Gasteiger partial charge in [0.25, 0.3) is 5.91 Å². The minimum absolute atomic E-state index is 0.0571. The van der Waals surface area contributed by atoms with E-state index in [1.807, 2.05) is 18.2 Å². The lowest BCUT2D eigenvalue weighted by Crippen LogP contribution is -3.11. The van der Waals surface area contributed by atoms with Gasteiger partial charge < -0.3 is 15.0 Å². The van der Waals surface area contributed by atoms with Crippen LogP contribution < -0.4 is 15.0 Å². The highest BCUT2D eigenvalue weighted by atomic mass is 35.5. The van der Waals surface area contributed by atoms with Crippen molar-refractivity contribution in [3.63, 3.8) is 0 Å². The molecular weight excluding hydrogens is 312 g/mol. The van der Waals surface area contributed by atoms with Gasteiger partial charge in [0.05, 0.1) is 19.3 Å². The molecule has 2 aromatic rings. The van der Waals surface area contributed by atoms with E-state index in [0.29, 0.717) is 23.0 Å². The molecule has 0 saturated heterocycles. The zero-order valence-electron chi connectivity index (χ0n) is 13.4. The molecule has 5 heteroatoms. The third-order valence-corrected chi connectivity index (χ3v) is 3.88. The fraction of sp³-hybridized carbons (Fsp3) is 0.278. The Balaban J connectivity index is 1.99. The molecule has 0 heterocycles. The molecule has 1 amide bonds. The number of nitrogens with one attached hydrogen (secondary N) is 2. The summed E-state index contributed by atoms with van der Waals surface area (Å²) in [5.74, 6) is 0.544. The third kappa shape index (κ3) is 5.27. The van der Waals surface area contributed by atoms with E-state index < -0.39 is 0 Å². The fourth-order valence-electron chi connectivity index (χ4n) is 2.40. The number of amides is 1. The molecule has 0 aliphatic heterocycles. The predicted molar refractivity (Wildman–Crippen MR) is 93.2 cm³/mol. The van der Waals surface area contributed by atoms with Crippen LogP contribution in [-0.4, -0.2) is 26.1 Å². The maximum absolute atomic E-state index is 12.3. The number of methoxy groups -OCH3 is 1. The molecule has 0 aliphatic rings. The van der Waals surface area contributed by atoms with Gasteiger partial charge in [-0.25, -0.2) is 0 Å². The zero-order chi connectivity index (χ0) is 16.7. The van der Waals surface area contributed by atoms with Crippen molar-refractivity contribution in [2.24, 2.45) is 0 Å². The summed E-state index contributed by atoms with van der Waals surface area (Å²) >= 11 is 5.99. The number of hydrogen-bond acceptors (Lipinski definition) is 2. The Bertz CT molecular complexity index is 647. The van der Waals surface area contributed by atoms with Crippen molar-refractivity contribution >= 4 is 23.2 Å². The summed E-state index contributed by atoms with van der Waals surface area (Å²) in [6.07, 6.45) is 0. The second-order valence-corrected chi connectivity index (χ2v) is 5.77. The van der Waals surface area contributed by atoms with Gasteiger partial charge >= 0.3 is 0 Å². The molecule has 0 spiro atoms. The maximum atomic E-state index is 12.3. The number of likely N-dealkylation sites (N-methyl/N-ethyl adjacent to an activating group) is 1. The lowest BCUT2D eigenvalue weighted by molar-refractivity contribution is -0.903. The molecule has 0 fully saturated rings. The molecule has 2 rings (SSSR count). The van der Waals surface area contributed by atoms with Crippen LogP contribution in [0.15, 0.2) is 48.5 Å². The van der Waals surface area contributed by atoms with Crippen molar-refractivity contribution in [2.75, 3.05) is 25.5 Å². The summed E-state index contributed by atoms with van der Waals surface area (Å²) in [5.41, 5.74) is 1.82. The molecule has 4 nitrogen and oxygen atoms in total. The van der Waals surface area contributed by atoms with Gasteiger partial charge in [-0.2, -0.15) is 0 Å². The van der Waals surface area contributed by atoms with Gasteiger partial charge in [0.15, 0.2) is 6.54 Å². The summed E-state index contributed by atoms with van der Waals surface area (Å²) in [6, 6.07) is 15.3. The van der Waals surface area contributed by atoms with E-state index in [2.05, 4.69) is 24.4 Å². The second kappa shape index (κ2) is 8.56. The van der Waals surface area contributed by atoms with Crippen molar-refractivity contribution < 1.29 is 14.4 Å². The molecule has 122 valence electrons. The summed E-state index contributed by atoms with van der Waals surface area (Å²) in [6.45, 7) is 4.15. The Labute approximate surface area is 142 Å². The van der Waals surface area contributed by atoms with Crippen LogP contribution in [0.1, 0.15) is 12.5 Å². The van der Waals surface area contributed by atoms with Crippen LogP contribution in [0.3, 0.4) is 0 Å². The van der Waals surface area contributed by atoms with E-state index in [9.17, 15) is 4.79 Å². The van der Waals surface area contributed by atoms with Crippen LogP contribution in [0.5, 0.6) is 5.75 Å². The van der Waals surface area contributed by atoms with Crippen LogP contribution in [0.4, 0.5) is 5.69 Å². The second-order valence-electron chi connectivity index (χ2n) is 5.34. The lowest BCUT2D eigenvalue weighted by atomic mass is 10.2. The quantitative estimate of drug-likeness (QED) is 0.817. The molecule has 0 aliphatic carbocycles. The Hall–Kier alpha value is -2.04. The number of quaternary nitrogens is 1. The average molecular weight is 334 g/mol. The standard InChI is InChI=1S/C18H21ClN2O2/c1-3-21(12-14-7-5-4-6-8-14)13-18(22)20-16-11-15(19)9-10-17(16)23-2/h4-11H,3,12-13H2,1-2H3,(H,20,22)/p+1. The van der Waals surface area contributed by atoms with Crippen molar-refractivity contribution in [2.45, 2.75) is 13.5 Å². The van der Waals surface area contributed by atoms with E-state index in [1.165, 1.54) is 10.5 Å². The van der Waals surface area contributed by atoms with E-state index in [4.69, 9.17) is 16.3 Å². The minimum Gasteiger partial charge on any atom is -0.495 e. The first kappa shape index (κ1) is 17.3. The van der Waals surface area contributed by atoms with Crippen molar-refractivity contribution in [3.05, 3.63) is 59.1 Å². The van der Waals surface area contributed by atoms with Crippen LogP contribution >= 0.6 is 11.6 Å². The van der Waals surface area contributed by atoms with Gasteiger partial charge in [-0.15, -0.1) is 0 Å². The highest BCUT2D eigenvalue weighted by Gasteiger charge is 2.15. The molecule has 23 heavy (non-hydrogen) atoms. The van der Waals surface area contributed by atoms with Gasteiger partial charge in [0.1, 0.15) is 12.3 Å². The minimum atomic E-state index is -0.0571. The molecule has 0 radical (unpaired) electrons. The predicted octanol–water partition coefficient (Wildman–Crippen LogP) is 2.39. The molecule has 2 N–H and O–H groups in total. The SMILES string of the molecule is CC[NH+](CC(=O)Nc1cc(Cl)ccc1OC)Cc1ccccc1. The highest BCUT2D eigenvalue weighted by molar-refractivity contribution is 6.31. The largest absolute Gasteiger partial charge is 0.495 e. The van der Waals surface area contributed by atoms with Gasteiger partial charge in [0, 0.05) is 10.6 Å². The van der Waals surface area contributed by atoms with E-state index in [-0.39, 0.29) is 5.91 Å². The van der Waals surface area contributed by atoms with E-state index in [1.54, 1.807) is 25.3 Å². The Morgan fingerprint density at radius 3 is 2.61 bits per heavy atom. The Morgan fingerprint density at radius 1 is 1.22 bits per heavy atom. The molecule has 0 saturated carbocycles. The topological polar surface area (TPSA) is 42.8 Å². The number of benzene rings is 2. The smallest absolute Gasteiger partial charge is 0.279 e. The first-order valence-corrected chi connectivity index (χ1v) is 8.01. The number of ether oxygens (including phenoxy) is 1. The van der Waals surface area contributed by atoms with Crippen molar-refractivity contribution in [1.29, 1.82) is 0 Å². The molecule has 0 aromatic heterocycles. The molecule has 2 aromatic carbocycles. The number of carbonyl (C=O) groups is 1. The Kier molecular flexibility index (Phi) is 6.44. The number of hydrogen-bond donors (Lipinski definition) is 2. The molecule has 1 unspecified atom stereocenters. The first-order chi connectivity index (χ1) is 11.1. The van der Waals surface area contributed by atoms with Crippen LogP contribution in [0, 0.1) is 0 Å². The van der Waals surface area contributed by atoms with Gasteiger partial charge in [-0.05, 0) is 25.1 Å². The first-order valence-electron chi connectivity index (χ1n) is 7.63. The number of anilines is 1. The summed E-state index contributed by atoms with van der Waals surface area (Å²) in [4.78, 5) is 13.5. The van der Waals surface area contributed by atoms with Crippen molar-refractivity contribution in [1.82, 2.24) is 0 Å². The number of carbonyl (C=O) groups excluding carboxylic acids is 1. The summed E-state index contributed by atoms with van der Waals surface area (Å²) in [5, 5.41) is 3.44. The number of halogens is 1. The highest BCUT2D eigenvalue weighted by Crippen LogP contribution is 2.27. The molecule has 1 atom stereocenters. The van der Waals surface area contributed by atoms with Crippen LogP contribution in [0.2, 0.25) is 5.02 Å². The van der Waals surface area contributed by atoms with Crippen LogP contribution in [-0.2, 0) is 11.3 Å². The van der Waals surface area contributed by atoms with Crippen molar-refractivity contribution in [3.8, 4) is 5.75 Å². The summed E-state index contributed by atoms with van der Waals surface area (Å²) in [7, 11) is 1.57. The van der Waals surface area contributed by atoms with E-state index in [0.717, 1.165) is 13.1 Å². The monoisotopic (exact) mass is 333 g/mol. The maximum Gasteiger partial charge on any atom is 0.279 e. The lowest BCUT2D eigenvalue weighted by Gasteiger charge is -2.18. The third-order valence-electron chi connectivity index (χ3n) is 3.64. The molecule has 0 bridgehead atoms. The number of rotatable bonds is 7. The van der Waals surface area contributed by atoms with E-state index >= 15 is 0 Å². The average Bonchev–Trinajstić information content (AvgIpc) is 2.55. The fourth-order valence-corrected chi connectivity index (χ4v) is 2.57. The van der Waals surface area contributed by atoms with Crippen LogP contribution in [0.25, 0.3) is 0 Å².